The summed E-state index contributed by atoms with van der Waals surface area (Å²) >= 11 is 0. The smallest absolute Gasteiger partial charge is 0.367 e. The third-order valence-corrected chi connectivity index (χ3v) is 3.90. The molecule has 11 heavy (non-hydrogen) atoms. The predicted molar refractivity (Wildman–Crippen MR) is 38.5 cm³/mol. The van der Waals surface area contributed by atoms with Gasteiger partial charge in [-0.25, -0.2) is 0 Å². The molecule has 0 aromatic carbocycles. The van der Waals surface area contributed by atoms with Crippen LogP contribution in [0.4, 0.5) is 0 Å². The van der Waals surface area contributed by atoms with E-state index in [-0.39, 0.29) is 6.16 Å². The Kier molecular flexibility index (Phi) is 3.85. The zero-order chi connectivity index (χ0) is 9.12. The first-order valence-corrected chi connectivity index (χ1v) is 6.48. The topological polar surface area (TPSA) is 107 Å². The fraction of sp³-hybridized carbons (Fsp3) is 1.00. The van der Waals surface area contributed by atoms with E-state index in [2.05, 4.69) is 4.21 Å². The van der Waals surface area contributed by atoms with E-state index in [0.29, 0.717) is 6.42 Å². The zero-order valence-electron chi connectivity index (χ0n) is 5.97. The predicted octanol–water partition coefficient (Wildman–Crippen LogP) is -0.989. The molecule has 0 aliphatic heterocycles. The highest BCUT2D eigenvalue weighted by atomic mass is 31.2. The lowest BCUT2D eigenvalue weighted by Gasteiger charge is -2.14. The van der Waals surface area contributed by atoms with E-state index in [1.54, 1.807) is 6.92 Å². The Morgan fingerprint density at radius 2 is 1.91 bits per heavy atom. The number of hydrogen-bond acceptors (Lipinski definition) is 5. The SMILES string of the molecule is CCCP(=O)(O)O[Si](O)(O)O. The van der Waals surface area contributed by atoms with Crippen LogP contribution in [0.25, 0.3) is 0 Å². The maximum absolute atomic E-state index is 10.7. The van der Waals surface area contributed by atoms with Gasteiger partial charge in [0.05, 0.1) is 0 Å². The Labute approximate surface area is 65.1 Å². The summed E-state index contributed by atoms with van der Waals surface area (Å²) in [6.07, 6.45) is 0.154. The van der Waals surface area contributed by atoms with Crippen LogP contribution < -0.4 is 0 Å². The van der Waals surface area contributed by atoms with Crippen LogP contribution in [0.15, 0.2) is 0 Å². The first-order chi connectivity index (χ1) is 4.77. The van der Waals surface area contributed by atoms with Crippen LogP contribution in [0, 0.1) is 0 Å². The summed E-state index contributed by atoms with van der Waals surface area (Å²) in [6.45, 7) is 1.63. The molecular weight excluding hydrogens is 191 g/mol. The van der Waals surface area contributed by atoms with Crippen molar-refractivity contribution in [2.45, 2.75) is 13.3 Å². The van der Waals surface area contributed by atoms with Crippen LogP contribution in [0.5, 0.6) is 0 Å². The number of rotatable bonds is 4. The van der Waals surface area contributed by atoms with Crippen LogP contribution in [-0.2, 0) is 8.78 Å². The lowest BCUT2D eigenvalue weighted by molar-refractivity contribution is 0.121. The van der Waals surface area contributed by atoms with E-state index in [1.165, 1.54) is 0 Å². The summed E-state index contributed by atoms with van der Waals surface area (Å²) < 4.78 is 14.5. The van der Waals surface area contributed by atoms with E-state index in [4.69, 9.17) is 19.3 Å². The molecule has 0 radical (unpaired) electrons. The van der Waals surface area contributed by atoms with Gasteiger partial charge in [-0.05, 0) is 6.42 Å². The number of hydrogen-bond donors (Lipinski definition) is 4. The standard InChI is InChI=1S/C3H11O6PSi/c1-2-3-10(4,5)9-11(6,7)8/h6-8H,2-3H2,1H3,(H,4,5). The van der Waals surface area contributed by atoms with Crippen molar-refractivity contribution in [3.05, 3.63) is 0 Å². The van der Waals surface area contributed by atoms with Gasteiger partial charge in [-0.2, -0.15) is 0 Å². The minimum atomic E-state index is -4.84. The normalized spacial score (nSPS) is 17.9. The monoisotopic (exact) mass is 202 g/mol. The fourth-order valence-electron chi connectivity index (χ4n) is 0.520. The highest BCUT2D eigenvalue weighted by Crippen LogP contribution is 2.43. The molecule has 0 saturated carbocycles. The molecule has 68 valence electrons. The molecular formula is C3H11O6PSi. The zero-order valence-corrected chi connectivity index (χ0v) is 7.86. The lowest BCUT2D eigenvalue weighted by atomic mass is 10.6. The van der Waals surface area contributed by atoms with Crippen LogP contribution >= 0.6 is 7.60 Å². The average Bonchev–Trinajstić information content (AvgIpc) is 1.55. The third kappa shape index (κ3) is 6.64. The molecule has 4 N–H and O–H groups in total. The molecule has 0 spiro atoms. The summed E-state index contributed by atoms with van der Waals surface area (Å²) in [5.74, 6) is 0. The molecule has 0 fully saturated rings. The van der Waals surface area contributed by atoms with Crippen molar-refractivity contribution in [1.29, 1.82) is 0 Å². The van der Waals surface area contributed by atoms with E-state index in [9.17, 15) is 4.57 Å². The van der Waals surface area contributed by atoms with Crippen molar-refractivity contribution in [3.63, 3.8) is 0 Å². The van der Waals surface area contributed by atoms with Crippen molar-refractivity contribution in [1.82, 2.24) is 0 Å². The first-order valence-electron chi connectivity index (χ1n) is 2.96. The highest BCUT2D eigenvalue weighted by Gasteiger charge is 2.39. The average molecular weight is 202 g/mol. The van der Waals surface area contributed by atoms with Crippen molar-refractivity contribution in [2.24, 2.45) is 0 Å². The van der Waals surface area contributed by atoms with Crippen LogP contribution in [0.3, 0.4) is 0 Å². The van der Waals surface area contributed by atoms with E-state index in [0.717, 1.165) is 0 Å². The fourth-order valence-corrected chi connectivity index (χ4v) is 2.98. The Morgan fingerprint density at radius 1 is 1.45 bits per heavy atom. The second kappa shape index (κ2) is 3.77. The molecule has 0 amide bonds. The van der Waals surface area contributed by atoms with Gasteiger partial charge in [-0.3, -0.25) is 8.78 Å². The molecule has 0 aromatic heterocycles. The minimum absolute atomic E-state index is 0.205. The largest absolute Gasteiger partial charge is 0.678 e. The molecule has 1 atom stereocenters. The molecule has 8 heteroatoms. The first kappa shape index (κ1) is 11.2. The summed E-state index contributed by atoms with van der Waals surface area (Å²) in [4.78, 5) is 33.6. The molecule has 0 aliphatic rings. The maximum Gasteiger partial charge on any atom is 0.678 e. The molecule has 0 heterocycles. The summed E-state index contributed by atoms with van der Waals surface area (Å²) in [5, 5.41) is 0. The van der Waals surface area contributed by atoms with Crippen LogP contribution in [0.1, 0.15) is 13.3 Å². The Morgan fingerprint density at radius 3 is 2.18 bits per heavy atom. The van der Waals surface area contributed by atoms with Gasteiger partial charge in [0.1, 0.15) is 0 Å². The van der Waals surface area contributed by atoms with E-state index in [1.807, 2.05) is 0 Å². The Bertz CT molecular complexity index is 164. The van der Waals surface area contributed by atoms with Crippen molar-refractivity contribution >= 4 is 16.6 Å². The third-order valence-electron chi connectivity index (χ3n) is 0.771. The summed E-state index contributed by atoms with van der Waals surface area (Å²) in [7, 11) is -8.85. The van der Waals surface area contributed by atoms with Crippen molar-refractivity contribution in [3.8, 4) is 0 Å². The molecule has 1 unspecified atom stereocenters. The van der Waals surface area contributed by atoms with Crippen LogP contribution in [0.2, 0.25) is 0 Å². The molecule has 0 aliphatic carbocycles. The van der Waals surface area contributed by atoms with Gasteiger partial charge in [0, 0.05) is 6.16 Å². The van der Waals surface area contributed by atoms with Crippen molar-refractivity contribution < 1.29 is 28.1 Å². The molecule has 0 rings (SSSR count). The Hall–Kier alpha value is 0.247. The van der Waals surface area contributed by atoms with Gasteiger partial charge in [0.15, 0.2) is 0 Å². The van der Waals surface area contributed by atoms with Gasteiger partial charge in [0.2, 0.25) is 0 Å². The molecule has 0 bridgehead atoms. The second-order valence-electron chi connectivity index (χ2n) is 2.03. The molecule has 0 saturated heterocycles. The molecule has 6 nitrogen and oxygen atoms in total. The van der Waals surface area contributed by atoms with E-state index >= 15 is 0 Å². The lowest BCUT2D eigenvalue weighted by Crippen LogP contribution is -2.37. The highest BCUT2D eigenvalue weighted by molar-refractivity contribution is 7.54. The van der Waals surface area contributed by atoms with Gasteiger partial charge < -0.3 is 19.3 Å². The Balaban J connectivity index is 4.03. The van der Waals surface area contributed by atoms with Gasteiger partial charge >= 0.3 is 16.6 Å². The van der Waals surface area contributed by atoms with Gasteiger partial charge in [-0.1, -0.05) is 6.92 Å². The van der Waals surface area contributed by atoms with E-state index < -0.39 is 16.6 Å². The van der Waals surface area contributed by atoms with Gasteiger partial charge in [0.25, 0.3) is 0 Å². The van der Waals surface area contributed by atoms with Gasteiger partial charge in [-0.15, -0.1) is 0 Å². The summed E-state index contributed by atoms with van der Waals surface area (Å²) in [6, 6.07) is 0. The summed E-state index contributed by atoms with van der Waals surface area (Å²) in [5.41, 5.74) is 0. The van der Waals surface area contributed by atoms with Crippen molar-refractivity contribution in [2.75, 3.05) is 6.16 Å². The second-order valence-corrected chi connectivity index (χ2v) is 5.63. The van der Waals surface area contributed by atoms with Crippen LogP contribution in [-0.4, -0.2) is 34.5 Å². The molecule has 0 aromatic rings. The minimum Gasteiger partial charge on any atom is -0.367 e. The quantitative estimate of drug-likeness (QED) is 0.344. The maximum atomic E-state index is 10.7.